The number of nitrogens with zero attached hydrogens (tertiary/aromatic N) is 4. The van der Waals surface area contributed by atoms with Gasteiger partial charge in [0, 0.05) is 18.0 Å². The van der Waals surface area contributed by atoms with Crippen LogP contribution in [0.3, 0.4) is 0 Å². The Morgan fingerprint density at radius 1 is 1.19 bits per heavy atom. The quantitative estimate of drug-likeness (QED) is 0.380. The maximum Gasteiger partial charge on any atom is 0.328 e. The highest BCUT2D eigenvalue weighted by atomic mass is 79.9. The normalized spacial score (nSPS) is 16.0. The summed E-state index contributed by atoms with van der Waals surface area (Å²) >= 11 is 3.73. The highest BCUT2D eigenvalue weighted by Crippen LogP contribution is 2.37. The van der Waals surface area contributed by atoms with Gasteiger partial charge in [-0.05, 0) is 58.1 Å². The number of H-pyrrole nitrogens is 1. The van der Waals surface area contributed by atoms with Crippen LogP contribution in [0.5, 0.6) is 5.88 Å². The summed E-state index contributed by atoms with van der Waals surface area (Å²) in [7, 11) is 0. The van der Waals surface area contributed by atoms with Crippen molar-refractivity contribution in [3.63, 3.8) is 0 Å². The Kier molecular flexibility index (Phi) is 4.26. The summed E-state index contributed by atoms with van der Waals surface area (Å²) in [5.41, 5.74) is 5.10. The summed E-state index contributed by atoms with van der Waals surface area (Å²) in [5.74, 6) is 0.0225. The van der Waals surface area contributed by atoms with E-state index in [0.29, 0.717) is 18.7 Å². The van der Waals surface area contributed by atoms with E-state index in [2.05, 4.69) is 56.3 Å². The average Bonchev–Trinajstić information content (AvgIpc) is 3.36. The summed E-state index contributed by atoms with van der Waals surface area (Å²) in [4.78, 5) is 19.8. The van der Waals surface area contributed by atoms with E-state index in [9.17, 15) is 9.90 Å². The first-order valence-corrected chi connectivity index (χ1v) is 11.3. The maximum atomic E-state index is 12.2. The van der Waals surface area contributed by atoms with Crippen molar-refractivity contribution in [1.29, 1.82) is 0 Å². The molecule has 7 nitrogen and oxygen atoms in total. The van der Waals surface area contributed by atoms with E-state index >= 15 is 0 Å². The fraction of sp³-hybridized carbons (Fsp3) is 0.208. The van der Waals surface area contributed by atoms with E-state index in [1.165, 1.54) is 10.8 Å². The predicted molar refractivity (Wildman–Crippen MR) is 126 cm³/mol. The van der Waals surface area contributed by atoms with Gasteiger partial charge in [0.05, 0.1) is 27.8 Å². The third-order valence-electron chi connectivity index (χ3n) is 6.48. The summed E-state index contributed by atoms with van der Waals surface area (Å²) in [5, 5.41) is 16.9. The third kappa shape index (κ3) is 2.82. The Labute approximate surface area is 191 Å². The molecule has 2 aromatic carbocycles. The number of imidazole rings is 1. The molecule has 0 saturated heterocycles. The Balaban J connectivity index is 1.49. The molecular weight excluding hydrogens is 470 g/mol. The van der Waals surface area contributed by atoms with Crippen molar-refractivity contribution >= 4 is 32.3 Å². The number of halogens is 1. The van der Waals surface area contributed by atoms with Crippen molar-refractivity contribution in [2.45, 2.75) is 32.2 Å². The van der Waals surface area contributed by atoms with Crippen molar-refractivity contribution in [1.82, 2.24) is 24.1 Å². The van der Waals surface area contributed by atoms with E-state index in [1.807, 2.05) is 29.8 Å². The molecule has 160 valence electrons. The van der Waals surface area contributed by atoms with Crippen LogP contribution in [-0.4, -0.2) is 29.3 Å². The molecule has 1 unspecified atom stereocenters. The van der Waals surface area contributed by atoms with Crippen LogP contribution in [0, 0.1) is 6.92 Å². The predicted octanol–water partition coefficient (Wildman–Crippen LogP) is 4.55. The smallest absolute Gasteiger partial charge is 0.328 e. The lowest BCUT2D eigenvalue weighted by Crippen LogP contribution is -2.27. The number of aromatic amines is 1. The number of hydrogen-bond acceptors (Lipinski definition) is 4. The lowest BCUT2D eigenvalue weighted by atomic mass is 9.94. The molecule has 1 aliphatic heterocycles. The molecule has 0 saturated carbocycles. The molecule has 6 rings (SSSR count). The lowest BCUT2D eigenvalue weighted by molar-refractivity contribution is 0.413. The minimum Gasteiger partial charge on any atom is -0.493 e. The zero-order valence-electron chi connectivity index (χ0n) is 17.3. The highest BCUT2D eigenvalue weighted by Gasteiger charge is 2.28. The number of aromatic nitrogens is 5. The molecule has 0 spiro atoms. The van der Waals surface area contributed by atoms with Crippen LogP contribution in [0.4, 0.5) is 0 Å². The third-order valence-corrected chi connectivity index (χ3v) is 7.46. The van der Waals surface area contributed by atoms with Gasteiger partial charge in [0.25, 0.3) is 0 Å². The van der Waals surface area contributed by atoms with Crippen LogP contribution in [0.25, 0.3) is 27.5 Å². The molecule has 0 radical (unpaired) electrons. The largest absolute Gasteiger partial charge is 0.493 e. The van der Waals surface area contributed by atoms with Crippen LogP contribution < -0.4 is 5.69 Å². The van der Waals surface area contributed by atoms with Gasteiger partial charge in [-0.1, -0.05) is 36.4 Å². The van der Waals surface area contributed by atoms with E-state index in [0.717, 1.165) is 39.1 Å². The molecular formula is C24H20BrN5O2. The van der Waals surface area contributed by atoms with Crippen molar-refractivity contribution in [3.05, 3.63) is 80.7 Å². The minimum atomic E-state index is -0.280. The number of aryl methyl sites for hydroxylation is 1. The Bertz CT molecular complexity index is 1580. The van der Waals surface area contributed by atoms with Crippen molar-refractivity contribution in [2.24, 2.45) is 0 Å². The van der Waals surface area contributed by atoms with Crippen molar-refractivity contribution in [3.8, 4) is 17.0 Å². The van der Waals surface area contributed by atoms with E-state index in [1.54, 1.807) is 4.57 Å². The van der Waals surface area contributed by atoms with Crippen LogP contribution in [0.2, 0.25) is 0 Å². The standard InChI is InChI=1S/C24H20BrN5O2/c1-13-20(25)21(17-8-9-19-23(31)28-24(32)29(19)12-17)27-22-18(11-26-30(13)22)16-7-6-14-4-2-3-5-15(14)10-16/h2-7,10-11,17,31H,8-9,12H2,1H3,(H,28,32). The maximum absolute atomic E-state index is 12.2. The van der Waals surface area contributed by atoms with Crippen LogP contribution in [-0.2, 0) is 13.0 Å². The molecule has 32 heavy (non-hydrogen) atoms. The zero-order valence-corrected chi connectivity index (χ0v) is 18.9. The molecule has 5 aromatic rings. The van der Waals surface area contributed by atoms with Gasteiger partial charge in [-0.15, -0.1) is 0 Å². The van der Waals surface area contributed by atoms with Gasteiger partial charge in [-0.3, -0.25) is 9.55 Å². The number of fused-ring (bicyclic) bond motifs is 3. The Morgan fingerprint density at radius 2 is 2.00 bits per heavy atom. The molecule has 1 aliphatic rings. The number of rotatable bonds is 2. The van der Waals surface area contributed by atoms with Crippen LogP contribution in [0.1, 0.15) is 29.4 Å². The lowest BCUT2D eigenvalue weighted by Gasteiger charge is -2.24. The molecule has 0 fully saturated rings. The monoisotopic (exact) mass is 489 g/mol. The van der Waals surface area contributed by atoms with Gasteiger partial charge in [-0.2, -0.15) is 5.10 Å². The van der Waals surface area contributed by atoms with Gasteiger partial charge in [0.15, 0.2) is 5.65 Å². The first kappa shape index (κ1) is 19.3. The molecule has 1 atom stereocenters. The molecule has 4 heterocycles. The first-order valence-electron chi connectivity index (χ1n) is 10.5. The highest BCUT2D eigenvalue weighted by molar-refractivity contribution is 9.10. The van der Waals surface area contributed by atoms with E-state index < -0.39 is 0 Å². The average molecular weight is 490 g/mol. The van der Waals surface area contributed by atoms with Crippen LogP contribution >= 0.6 is 15.9 Å². The molecule has 8 heteroatoms. The van der Waals surface area contributed by atoms with Gasteiger partial charge in [0.1, 0.15) is 0 Å². The molecule has 2 N–H and O–H groups in total. The second-order valence-electron chi connectivity index (χ2n) is 8.32. The summed E-state index contributed by atoms with van der Waals surface area (Å²) in [6.45, 7) is 2.49. The topological polar surface area (TPSA) is 88.2 Å². The summed E-state index contributed by atoms with van der Waals surface area (Å²) in [6.07, 6.45) is 3.28. The fourth-order valence-corrected chi connectivity index (χ4v) is 5.33. The van der Waals surface area contributed by atoms with Gasteiger partial charge < -0.3 is 5.11 Å². The zero-order chi connectivity index (χ0) is 22.0. The van der Waals surface area contributed by atoms with Gasteiger partial charge in [-0.25, -0.2) is 14.3 Å². The number of hydrogen-bond donors (Lipinski definition) is 2. The van der Waals surface area contributed by atoms with Gasteiger partial charge in [0.2, 0.25) is 5.88 Å². The molecule has 0 aliphatic carbocycles. The first-order chi connectivity index (χ1) is 15.5. The van der Waals surface area contributed by atoms with Gasteiger partial charge >= 0.3 is 5.69 Å². The summed E-state index contributed by atoms with van der Waals surface area (Å²) < 4.78 is 4.39. The Morgan fingerprint density at radius 3 is 2.84 bits per heavy atom. The Hall–Kier alpha value is -3.39. The van der Waals surface area contributed by atoms with Crippen LogP contribution in [0.15, 0.2) is 57.9 Å². The second kappa shape index (κ2) is 7.06. The molecule has 0 amide bonds. The number of benzene rings is 2. The van der Waals surface area contributed by atoms with E-state index in [-0.39, 0.29) is 17.5 Å². The fourth-order valence-electron chi connectivity index (χ4n) is 4.75. The van der Waals surface area contributed by atoms with Crippen molar-refractivity contribution in [2.75, 3.05) is 0 Å². The number of aromatic hydroxyl groups is 1. The van der Waals surface area contributed by atoms with Crippen molar-refractivity contribution < 1.29 is 5.11 Å². The number of nitrogens with one attached hydrogen (secondary N) is 1. The molecule has 3 aromatic heterocycles. The molecule has 0 bridgehead atoms. The van der Waals surface area contributed by atoms with E-state index in [4.69, 9.17) is 4.98 Å². The minimum absolute atomic E-state index is 0.0264. The summed E-state index contributed by atoms with van der Waals surface area (Å²) in [6, 6.07) is 14.7. The SMILES string of the molecule is Cc1c(Br)c(C2CCc3c(O)[nH]c(=O)n3C2)nc2c(-c3ccc4ccccc4c3)cnn12. The second-order valence-corrected chi connectivity index (χ2v) is 9.12.